The molecule has 1 aliphatic heterocycles. The first kappa shape index (κ1) is 20.2. The molecule has 0 saturated heterocycles. The lowest BCUT2D eigenvalue weighted by Crippen LogP contribution is -2.29. The van der Waals surface area contributed by atoms with Gasteiger partial charge in [0.15, 0.2) is 6.10 Å². The minimum Gasteiger partial charge on any atom is -0.451 e. The Hall–Kier alpha value is -4.13. The van der Waals surface area contributed by atoms with Crippen LogP contribution in [-0.4, -0.2) is 29.7 Å². The van der Waals surface area contributed by atoms with Crippen LogP contribution in [0.15, 0.2) is 72.8 Å². The number of carbonyl (C=O) groups is 4. The predicted molar refractivity (Wildman–Crippen MR) is 110 cm³/mol. The summed E-state index contributed by atoms with van der Waals surface area (Å²) in [5.74, 6) is -2.85. The minimum atomic E-state index is -1.03. The Bertz CT molecular complexity index is 1200. The number of carbonyl (C=O) groups excluding carboxylic acids is 4. The molecule has 0 fully saturated rings. The van der Waals surface area contributed by atoms with Crippen LogP contribution in [0.2, 0.25) is 0 Å². The molecule has 0 bridgehead atoms. The number of imide groups is 1. The number of rotatable bonds is 5. The minimum absolute atomic E-state index is 0.0332. The standard InChI is InChI=1S/C24H16FNO5/c1-14(21(27)15-5-3-2-4-6-15)31-24(30)16-7-12-19-20(13-16)23(29)26(22(19)28)18-10-8-17(25)9-11-18/h2-14H,1H3. The van der Waals surface area contributed by atoms with Crippen LogP contribution in [0.25, 0.3) is 0 Å². The summed E-state index contributed by atoms with van der Waals surface area (Å²) in [7, 11) is 0. The second-order valence-electron chi connectivity index (χ2n) is 6.96. The van der Waals surface area contributed by atoms with Crippen molar-refractivity contribution >= 4 is 29.3 Å². The number of benzene rings is 3. The van der Waals surface area contributed by atoms with Crippen LogP contribution in [0, 0.1) is 5.82 Å². The van der Waals surface area contributed by atoms with Crippen LogP contribution in [0.1, 0.15) is 48.4 Å². The Morgan fingerprint density at radius 3 is 2.16 bits per heavy atom. The maximum Gasteiger partial charge on any atom is 0.338 e. The second-order valence-corrected chi connectivity index (χ2v) is 6.96. The Morgan fingerprint density at radius 2 is 1.48 bits per heavy atom. The number of esters is 1. The van der Waals surface area contributed by atoms with Crippen molar-refractivity contribution in [1.29, 1.82) is 0 Å². The monoisotopic (exact) mass is 417 g/mol. The van der Waals surface area contributed by atoms with Crippen molar-refractivity contribution < 1.29 is 28.3 Å². The number of ether oxygens (including phenoxy) is 1. The van der Waals surface area contributed by atoms with Crippen LogP contribution < -0.4 is 4.90 Å². The fourth-order valence-corrected chi connectivity index (χ4v) is 3.31. The van der Waals surface area contributed by atoms with Gasteiger partial charge in [-0.05, 0) is 49.4 Å². The molecule has 154 valence electrons. The van der Waals surface area contributed by atoms with Crippen molar-refractivity contribution in [2.45, 2.75) is 13.0 Å². The maximum atomic E-state index is 13.2. The predicted octanol–water partition coefficient (Wildman–Crippen LogP) is 4.05. The Balaban J connectivity index is 1.55. The molecule has 0 spiro atoms. The van der Waals surface area contributed by atoms with Crippen molar-refractivity contribution in [2.75, 3.05) is 4.90 Å². The fraction of sp³-hybridized carbons (Fsp3) is 0.0833. The summed E-state index contributed by atoms with van der Waals surface area (Å²) in [6.45, 7) is 1.46. The highest BCUT2D eigenvalue weighted by Gasteiger charge is 2.37. The molecule has 0 radical (unpaired) electrons. The fourth-order valence-electron chi connectivity index (χ4n) is 3.31. The van der Waals surface area contributed by atoms with Gasteiger partial charge in [-0.25, -0.2) is 14.1 Å². The smallest absolute Gasteiger partial charge is 0.338 e. The lowest BCUT2D eigenvalue weighted by Gasteiger charge is -2.13. The summed E-state index contributed by atoms with van der Waals surface area (Å²) in [5, 5.41) is 0. The summed E-state index contributed by atoms with van der Waals surface area (Å²) in [4.78, 5) is 51.3. The Labute approximate surface area is 176 Å². The summed E-state index contributed by atoms with van der Waals surface area (Å²) in [6, 6.07) is 17.3. The highest BCUT2D eigenvalue weighted by molar-refractivity contribution is 6.34. The molecule has 4 rings (SSSR count). The summed E-state index contributed by atoms with van der Waals surface area (Å²) in [5.41, 5.74) is 0.824. The highest BCUT2D eigenvalue weighted by Crippen LogP contribution is 2.29. The van der Waals surface area contributed by atoms with Gasteiger partial charge in [0.05, 0.1) is 22.4 Å². The van der Waals surface area contributed by atoms with E-state index in [-0.39, 0.29) is 28.2 Å². The van der Waals surface area contributed by atoms with Crippen molar-refractivity contribution in [3.05, 3.63) is 101 Å². The van der Waals surface area contributed by atoms with Crippen molar-refractivity contribution in [1.82, 2.24) is 0 Å². The number of nitrogens with zero attached hydrogens (tertiary/aromatic N) is 1. The van der Waals surface area contributed by atoms with Crippen LogP contribution in [-0.2, 0) is 4.74 Å². The zero-order valence-electron chi connectivity index (χ0n) is 16.4. The molecule has 1 aliphatic rings. The van der Waals surface area contributed by atoms with Gasteiger partial charge in [0, 0.05) is 5.56 Å². The molecular weight excluding hydrogens is 401 g/mol. The average molecular weight is 417 g/mol. The van der Waals surface area contributed by atoms with Gasteiger partial charge in [0.2, 0.25) is 5.78 Å². The molecule has 1 heterocycles. The first-order valence-corrected chi connectivity index (χ1v) is 9.45. The number of amides is 2. The van der Waals surface area contributed by atoms with Gasteiger partial charge in [0.25, 0.3) is 11.8 Å². The van der Waals surface area contributed by atoms with Crippen molar-refractivity contribution in [3.8, 4) is 0 Å². The quantitative estimate of drug-likeness (QED) is 0.355. The molecule has 6 nitrogen and oxygen atoms in total. The lowest BCUT2D eigenvalue weighted by atomic mass is 10.1. The van der Waals surface area contributed by atoms with Gasteiger partial charge in [-0.15, -0.1) is 0 Å². The summed E-state index contributed by atoms with van der Waals surface area (Å²) < 4.78 is 18.4. The maximum absolute atomic E-state index is 13.2. The van der Waals surface area contributed by atoms with Crippen LogP contribution in [0.4, 0.5) is 10.1 Å². The van der Waals surface area contributed by atoms with E-state index in [1.807, 2.05) is 0 Å². The number of Topliss-reactive ketones (excluding diaryl/α,β-unsaturated/α-hetero) is 1. The molecule has 0 saturated carbocycles. The number of hydrogen-bond acceptors (Lipinski definition) is 5. The molecule has 0 aromatic heterocycles. The molecule has 3 aromatic rings. The number of hydrogen-bond donors (Lipinski definition) is 0. The molecule has 1 atom stereocenters. The third-order valence-electron chi connectivity index (χ3n) is 4.92. The van der Waals surface area contributed by atoms with E-state index >= 15 is 0 Å². The Morgan fingerprint density at radius 1 is 0.839 bits per heavy atom. The number of halogens is 1. The summed E-state index contributed by atoms with van der Waals surface area (Å²) in [6.07, 6.45) is -1.03. The molecule has 1 unspecified atom stereocenters. The van der Waals surface area contributed by atoms with E-state index in [1.165, 1.54) is 37.3 Å². The number of fused-ring (bicyclic) bond motifs is 1. The normalized spacial score (nSPS) is 13.7. The van der Waals surface area contributed by atoms with Gasteiger partial charge < -0.3 is 4.74 Å². The third kappa shape index (κ3) is 3.73. The second kappa shape index (κ2) is 7.95. The highest BCUT2D eigenvalue weighted by atomic mass is 19.1. The first-order valence-electron chi connectivity index (χ1n) is 9.45. The van der Waals surface area contributed by atoms with Crippen LogP contribution in [0.3, 0.4) is 0 Å². The SMILES string of the molecule is CC(OC(=O)c1ccc2c(c1)C(=O)N(c1ccc(F)cc1)C2=O)C(=O)c1ccccc1. The lowest BCUT2D eigenvalue weighted by molar-refractivity contribution is 0.0318. The number of ketones is 1. The van der Waals surface area contributed by atoms with E-state index in [1.54, 1.807) is 30.3 Å². The van der Waals surface area contributed by atoms with Crippen molar-refractivity contribution in [3.63, 3.8) is 0 Å². The van der Waals surface area contributed by atoms with E-state index in [0.717, 1.165) is 17.0 Å². The molecule has 0 aliphatic carbocycles. The van der Waals surface area contributed by atoms with Gasteiger partial charge in [0.1, 0.15) is 5.82 Å². The van der Waals surface area contributed by atoms with Crippen LogP contribution in [0.5, 0.6) is 0 Å². The first-order chi connectivity index (χ1) is 14.9. The van der Waals surface area contributed by atoms with Gasteiger partial charge in [-0.3, -0.25) is 14.4 Å². The van der Waals surface area contributed by atoms with E-state index in [4.69, 9.17) is 4.74 Å². The van der Waals surface area contributed by atoms with E-state index in [9.17, 15) is 23.6 Å². The average Bonchev–Trinajstić information content (AvgIpc) is 3.04. The van der Waals surface area contributed by atoms with E-state index < -0.39 is 29.7 Å². The topological polar surface area (TPSA) is 80.8 Å². The molecule has 7 heteroatoms. The largest absolute Gasteiger partial charge is 0.451 e. The molecule has 31 heavy (non-hydrogen) atoms. The molecule has 0 N–H and O–H groups in total. The van der Waals surface area contributed by atoms with Gasteiger partial charge in [-0.1, -0.05) is 30.3 Å². The van der Waals surface area contributed by atoms with Crippen molar-refractivity contribution in [2.24, 2.45) is 0 Å². The van der Waals surface area contributed by atoms with Gasteiger partial charge >= 0.3 is 5.97 Å². The zero-order chi connectivity index (χ0) is 22.1. The summed E-state index contributed by atoms with van der Waals surface area (Å²) >= 11 is 0. The van der Waals surface area contributed by atoms with Gasteiger partial charge in [-0.2, -0.15) is 0 Å². The Kier molecular flexibility index (Phi) is 5.17. The van der Waals surface area contributed by atoms with E-state index in [0.29, 0.717) is 5.56 Å². The van der Waals surface area contributed by atoms with Crippen LogP contribution >= 0.6 is 0 Å². The zero-order valence-corrected chi connectivity index (χ0v) is 16.4. The molecule has 3 aromatic carbocycles. The molecular formula is C24H16FNO5. The third-order valence-corrected chi connectivity index (χ3v) is 4.92. The van der Waals surface area contributed by atoms with E-state index in [2.05, 4.69) is 0 Å². The molecule has 2 amide bonds. The number of anilines is 1.